The van der Waals surface area contributed by atoms with E-state index in [1.807, 2.05) is 11.6 Å². The molecule has 1 aliphatic heterocycles. The fraction of sp³-hybridized carbons (Fsp3) is 0.385. The molecule has 0 atom stereocenters. The molecule has 0 amide bonds. The quantitative estimate of drug-likeness (QED) is 0.831. The molecule has 0 unspecified atom stereocenters. The molecule has 0 radical (unpaired) electrons. The molecular weight excluding hydrogens is 244 g/mol. The first-order valence-corrected chi connectivity index (χ1v) is 6.32. The van der Waals surface area contributed by atoms with Crippen LogP contribution in [-0.4, -0.2) is 46.8 Å². The summed E-state index contributed by atoms with van der Waals surface area (Å²) in [6, 6.07) is 5.04. The van der Waals surface area contributed by atoms with Crippen LogP contribution in [0.3, 0.4) is 0 Å². The van der Waals surface area contributed by atoms with Crippen LogP contribution in [0.1, 0.15) is 10.4 Å². The summed E-state index contributed by atoms with van der Waals surface area (Å²) in [4.78, 5) is 17.8. The van der Waals surface area contributed by atoms with Crippen molar-refractivity contribution in [1.82, 2.24) is 14.9 Å². The van der Waals surface area contributed by atoms with Crippen LogP contribution in [0, 0.1) is 0 Å². The standard InChI is InChI=1S/C13H16N4O2/c1-16-11-8-9(12(18)19)2-3-10(11)15-13(16)17-6-4-14-5-7-17/h2-3,8,14H,4-7H2,1H3,(H,18,19). The molecule has 1 saturated heterocycles. The second-order valence-electron chi connectivity index (χ2n) is 4.72. The Morgan fingerprint density at radius 1 is 1.37 bits per heavy atom. The molecule has 6 nitrogen and oxygen atoms in total. The lowest BCUT2D eigenvalue weighted by atomic mass is 10.2. The highest BCUT2D eigenvalue weighted by Crippen LogP contribution is 2.22. The molecule has 0 aliphatic carbocycles. The van der Waals surface area contributed by atoms with E-state index in [1.165, 1.54) is 0 Å². The number of rotatable bonds is 2. The van der Waals surface area contributed by atoms with E-state index in [0.29, 0.717) is 5.56 Å². The molecule has 19 heavy (non-hydrogen) atoms. The van der Waals surface area contributed by atoms with Gasteiger partial charge in [-0.1, -0.05) is 0 Å². The van der Waals surface area contributed by atoms with E-state index in [4.69, 9.17) is 5.11 Å². The molecular formula is C13H16N4O2. The van der Waals surface area contributed by atoms with Gasteiger partial charge in [0.15, 0.2) is 0 Å². The first-order chi connectivity index (χ1) is 9.16. The highest BCUT2D eigenvalue weighted by molar-refractivity contribution is 5.93. The summed E-state index contributed by atoms with van der Waals surface area (Å²) in [5.41, 5.74) is 1.98. The highest BCUT2D eigenvalue weighted by atomic mass is 16.4. The fourth-order valence-electron chi connectivity index (χ4n) is 2.46. The Kier molecular flexibility index (Phi) is 2.87. The van der Waals surface area contributed by atoms with Crippen LogP contribution < -0.4 is 10.2 Å². The van der Waals surface area contributed by atoms with Gasteiger partial charge >= 0.3 is 5.97 Å². The first-order valence-electron chi connectivity index (χ1n) is 6.32. The number of carboxylic acids is 1. The maximum atomic E-state index is 11.0. The predicted molar refractivity (Wildman–Crippen MR) is 72.8 cm³/mol. The number of piperazine rings is 1. The van der Waals surface area contributed by atoms with Gasteiger partial charge in [0.25, 0.3) is 0 Å². The van der Waals surface area contributed by atoms with Crippen LogP contribution >= 0.6 is 0 Å². The highest BCUT2D eigenvalue weighted by Gasteiger charge is 2.17. The number of aromatic nitrogens is 2. The molecule has 2 heterocycles. The summed E-state index contributed by atoms with van der Waals surface area (Å²) in [6.07, 6.45) is 0. The van der Waals surface area contributed by atoms with Crippen molar-refractivity contribution in [2.24, 2.45) is 7.05 Å². The van der Waals surface area contributed by atoms with Crippen molar-refractivity contribution in [2.45, 2.75) is 0 Å². The van der Waals surface area contributed by atoms with Crippen molar-refractivity contribution in [1.29, 1.82) is 0 Å². The van der Waals surface area contributed by atoms with Gasteiger partial charge in [0.1, 0.15) is 0 Å². The van der Waals surface area contributed by atoms with Gasteiger partial charge in [-0.25, -0.2) is 9.78 Å². The van der Waals surface area contributed by atoms with Crippen molar-refractivity contribution in [2.75, 3.05) is 31.1 Å². The number of hydrogen-bond acceptors (Lipinski definition) is 4. The van der Waals surface area contributed by atoms with E-state index in [2.05, 4.69) is 15.2 Å². The van der Waals surface area contributed by atoms with Crippen molar-refractivity contribution >= 4 is 23.0 Å². The average Bonchev–Trinajstić information content (AvgIpc) is 2.77. The molecule has 2 N–H and O–H groups in total. The zero-order valence-electron chi connectivity index (χ0n) is 10.8. The number of imidazole rings is 1. The molecule has 3 rings (SSSR count). The summed E-state index contributed by atoms with van der Waals surface area (Å²) >= 11 is 0. The van der Waals surface area contributed by atoms with E-state index in [9.17, 15) is 4.79 Å². The van der Waals surface area contributed by atoms with Crippen LogP contribution in [0.4, 0.5) is 5.95 Å². The van der Waals surface area contributed by atoms with Gasteiger partial charge in [-0.3, -0.25) is 0 Å². The molecule has 6 heteroatoms. The average molecular weight is 260 g/mol. The van der Waals surface area contributed by atoms with Gasteiger partial charge in [0, 0.05) is 33.2 Å². The number of hydrogen-bond donors (Lipinski definition) is 2. The predicted octanol–water partition coefficient (Wildman–Crippen LogP) is 0.681. The number of fused-ring (bicyclic) bond motifs is 1. The maximum absolute atomic E-state index is 11.0. The lowest BCUT2D eigenvalue weighted by Crippen LogP contribution is -2.44. The number of carbonyl (C=O) groups is 1. The summed E-state index contributed by atoms with van der Waals surface area (Å²) in [7, 11) is 1.93. The largest absolute Gasteiger partial charge is 0.478 e. The molecule has 1 aliphatic rings. The van der Waals surface area contributed by atoms with E-state index in [1.54, 1.807) is 18.2 Å². The summed E-state index contributed by atoms with van der Waals surface area (Å²) < 4.78 is 1.97. The van der Waals surface area contributed by atoms with Crippen LogP contribution in [0.5, 0.6) is 0 Å². The third kappa shape index (κ3) is 2.04. The molecule has 1 aromatic heterocycles. The summed E-state index contributed by atoms with van der Waals surface area (Å²) in [6.45, 7) is 3.74. The summed E-state index contributed by atoms with van der Waals surface area (Å²) in [5.74, 6) is -0.00846. The molecule has 1 fully saturated rings. The van der Waals surface area contributed by atoms with Crippen molar-refractivity contribution in [3.8, 4) is 0 Å². The summed E-state index contributed by atoms with van der Waals surface area (Å²) in [5, 5.41) is 12.3. The molecule has 100 valence electrons. The minimum Gasteiger partial charge on any atom is -0.478 e. The number of aromatic carboxylic acids is 1. The lowest BCUT2D eigenvalue weighted by Gasteiger charge is -2.28. The first kappa shape index (κ1) is 12.0. The Hall–Kier alpha value is -2.08. The monoisotopic (exact) mass is 260 g/mol. The Morgan fingerprint density at radius 3 is 2.79 bits per heavy atom. The molecule has 0 spiro atoms. The minimum atomic E-state index is -0.910. The lowest BCUT2D eigenvalue weighted by molar-refractivity contribution is 0.0697. The molecule has 0 bridgehead atoms. The Balaban J connectivity index is 2.06. The van der Waals surface area contributed by atoms with E-state index in [0.717, 1.165) is 43.2 Å². The number of anilines is 1. The van der Waals surface area contributed by atoms with Gasteiger partial charge in [-0.2, -0.15) is 0 Å². The maximum Gasteiger partial charge on any atom is 0.335 e. The van der Waals surface area contributed by atoms with Crippen molar-refractivity contribution < 1.29 is 9.90 Å². The van der Waals surface area contributed by atoms with Gasteiger partial charge in [-0.05, 0) is 18.2 Å². The van der Waals surface area contributed by atoms with Gasteiger partial charge < -0.3 is 19.9 Å². The van der Waals surface area contributed by atoms with E-state index < -0.39 is 5.97 Å². The Bertz CT molecular complexity index is 629. The smallest absolute Gasteiger partial charge is 0.335 e. The zero-order chi connectivity index (χ0) is 13.4. The van der Waals surface area contributed by atoms with Crippen LogP contribution in [-0.2, 0) is 7.05 Å². The zero-order valence-corrected chi connectivity index (χ0v) is 10.8. The van der Waals surface area contributed by atoms with Crippen molar-refractivity contribution in [3.05, 3.63) is 23.8 Å². The van der Waals surface area contributed by atoms with Crippen molar-refractivity contribution in [3.63, 3.8) is 0 Å². The Labute approximate surface area is 110 Å². The fourth-order valence-corrected chi connectivity index (χ4v) is 2.46. The normalized spacial score (nSPS) is 15.9. The molecule has 0 saturated carbocycles. The van der Waals surface area contributed by atoms with E-state index in [-0.39, 0.29) is 0 Å². The number of aryl methyl sites for hydroxylation is 1. The number of carboxylic acid groups (broad SMARTS) is 1. The van der Waals surface area contributed by atoms with Gasteiger partial charge in [0.05, 0.1) is 16.6 Å². The third-order valence-electron chi connectivity index (χ3n) is 3.50. The van der Waals surface area contributed by atoms with E-state index >= 15 is 0 Å². The SMILES string of the molecule is Cn1c(N2CCNCC2)nc2ccc(C(=O)O)cc21. The van der Waals surface area contributed by atoms with Gasteiger partial charge in [0.2, 0.25) is 5.95 Å². The van der Waals surface area contributed by atoms with Crippen LogP contribution in [0.2, 0.25) is 0 Å². The molecule has 2 aromatic rings. The topological polar surface area (TPSA) is 70.4 Å². The number of benzene rings is 1. The Morgan fingerprint density at radius 2 is 2.11 bits per heavy atom. The van der Waals surface area contributed by atoms with Crippen LogP contribution in [0.25, 0.3) is 11.0 Å². The van der Waals surface area contributed by atoms with Crippen LogP contribution in [0.15, 0.2) is 18.2 Å². The number of nitrogens with zero attached hydrogens (tertiary/aromatic N) is 3. The number of nitrogens with one attached hydrogen (secondary N) is 1. The molecule has 1 aromatic carbocycles. The second kappa shape index (κ2) is 4.55. The van der Waals surface area contributed by atoms with Gasteiger partial charge in [-0.15, -0.1) is 0 Å². The third-order valence-corrected chi connectivity index (χ3v) is 3.50. The minimum absolute atomic E-state index is 0.294. The second-order valence-corrected chi connectivity index (χ2v) is 4.72.